The van der Waals surface area contributed by atoms with E-state index in [1.165, 1.54) is 30.9 Å². The summed E-state index contributed by atoms with van der Waals surface area (Å²) in [6.07, 6.45) is 28.4. The third kappa shape index (κ3) is 15.4. The Kier molecular flexibility index (Phi) is 17.1. The molecule has 0 bridgehead atoms. The molecular weight excluding hydrogens is 448 g/mol. The molecule has 0 amide bonds. The Morgan fingerprint density at radius 2 is 1.81 bits per heavy atom. The molecule has 4 nitrogen and oxygen atoms in total. The summed E-state index contributed by atoms with van der Waals surface area (Å²) in [5, 5.41) is 0. The van der Waals surface area contributed by atoms with Crippen LogP contribution >= 0.6 is 0 Å². The number of allylic oxidation sites excluding steroid dienone is 10. The predicted octanol–water partition coefficient (Wildman–Crippen LogP) is 8.52. The van der Waals surface area contributed by atoms with Crippen LogP contribution in [0, 0.1) is 5.92 Å². The zero-order chi connectivity index (χ0) is 26.6. The van der Waals surface area contributed by atoms with Crippen molar-refractivity contribution in [3.63, 3.8) is 0 Å². The Hall–Kier alpha value is -2.62. The van der Waals surface area contributed by atoms with E-state index in [9.17, 15) is 9.59 Å². The van der Waals surface area contributed by atoms with Gasteiger partial charge in [-0.2, -0.15) is 0 Å². The van der Waals surface area contributed by atoms with E-state index in [0.717, 1.165) is 31.3 Å². The first kappa shape index (κ1) is 31.4. The van der Waals surface area contributed by atoms with Crippen molar-refractivity contribution in [2.75, 3.05) is 0 Å². The summed E-state index contributed by atoms with van der Waals surface area (Å²) in [6, 6.07) is 0. The SMILES string of the molecule is CCCCC/C=C(C)/C=C/C=C/C=C(C)/C=C/C(=O)OC1CCCC(=O)OC(CC)C/C=C/C[C@@H]1C. The maximum atomic E-state index is 12.5. The maximum Gasteiger partial charge on any atom is 0.331 e. The van der Waals surface area contributed by atoms with Gasteiger partial charge in [-0.3, -0.25) is 4.79 Å². The van der Waals surface area contributed by atoms with Crippen LogP contribution in [0.15, 0.2) is 71.9 Å². The summed E-state index contributed by atoms with van der Waals surface area (Å²) < 4.78 is 11.3. The van der Waals surface area contributed by atoms with Crippen LogP contribution in [0.2, 0.25) is 0 Å². The molecule has 200 valence electrons. The molecule has 0 radical (unpaired) electrons. The zero-order valence-electron chi connectivity index (χ0n) is 23.2. The highest BCUT2D eigenvalue weighted by Gasteiger charge is 2.21. The smallest absolute Gasteiger partial charge is 0.331 e. The lowest BCUT2D eigenvalue weighted by Crippen LogP contribution is -2.25. The molecule has 4 heteroatoms. The average Bonchev–Trinajstić information content (AvgIpc) is 2.85. The Morgan fingerprint density at radius 1 is 1.03 bits per heavy atom. The second kappa shape index (κ2) is 19.6. The van der Waals surface area contributed by atoms with Gasteiger partial charge in [-0.05, 0) is 58.3 Å². The van der Waals surface area contributed by atoms with Crippen molar-refractivity contribution in [3.05, 3.63) is 71.9 Å². The standard InChI is InChI=1S/C32H48O4/c1-6-8-9-11-17-26(3)18-12-10-13-19-27(4)24-25-32(34)36-30-22-16-23-31(33)35-29(7-2)21-15-14-20-28(30)5/h10,12-15,17-19,24-25,28-30H,6-9,11,16,20-23H2,1-5H3/b13-10+,15-14+,18-12+,25-24+,26-17+,27-19+/t28-,29?,30?/m0/s1. The molecule has 0 N–H and O–H groups in total. The van der Waals surface area contributed by atoms with Crippen LogP contribution in [0.4, 0.5) is 0 Å². The Labute approximate surface area is 219 Å². The van der Waals surface area contributed by atoms with E-state index in [0.29, 0.717) is 19.3 Å². The number of carbonyl (C=O) groups is 2. The number of cyclic esters (lactones) is 1. The minimum absolute atomic E-state index is 0.0503. The van der Waals surface area contributed by atoms with Gasteiger partial charge in [-0.25, -0.2) is 4.79 Å². The molecule has 0 aliphatic carbocycles. The monoisotopic (exact) mass is 496 g/mol. The molecule has 0 saturated heterocycles. The van der Waals surface area contributed by atoms with Crippen molar-refractivity contribution in [2.24, 2.45) is 5.92 Å². The van der Waals surface area contributed by atoms with Gasteiger partial charge >= 0.3 is 11.9 Å². The highest BCUT2D eigenvalue weighted by atomic mass is 16.5. The zero-order valence-corrected chi connectivity index (χ0v) is 23.2. The lowest BCUT2D eigenvalue weighted by Gasteiger charge is -2.24. The van der Waals surface area contributed by atoms with E-state index in [2.05, 4.69) is 45.1 Å². The van der Waals surface area contributed by atoms with Crippen LogP contribution in [0.5, 0.6) is 0 Å². The van der Waals surface area contributed by atoms with Crippen LogP contribution in [0.3, 0.4) is 0 Å². The van der Waals surface area contributed by atoms with Crippen LogP contribution in [0.1, 0.15) is 98.8 Å². The summed E-state index contributed by atoms with van der Waals surface area (Å²) in [4.78, 5) is 24.6. The minimum atomic E-state index is -0.350. The van der Waals surface area contributed by atoms with E-state index in [1.807, 2.05) is 38.2 Å². The van der Waals surface area contributed by atoms with Crippen molar-refractivity contribution in [1.29, 1.82) is 0 Å². The summed E-state index contributed by atoms with van der Waals surface area (Å²) >= 11 is 0. The van der Waals surface area contributed by atoms with Gasteiger partial charge in [-0.15, -0.1) is 0 Å². The number of unbranched alkanes of at least 4 members (excludes halogenated alkanes) is 3. The topological polar surface area (TPSA) is 52.6 Å². The fourth-order valence-electron chi connectivity index (χ4n) is 3.88. The average molecular weight is 497 g/mol. The molecule has 0 aromatic carbocycles. The second-order valence-corrected chi connectivity index (χ2v) is 9.74. The fourth-order valence-corrected chi connectivity index (χ4v) is 3.88. The van der Waals surface area contributed by atoms with Crippen molar-refractivity contribution in [3.8, 4) is 0 Å². The lowest BCUT2D eigenvalue weighted by atomic mass is 9.95. The van der Waals surface area contributed by atoms with E-state index >= 15 is 0 Å². The van der Waals surface area contributed by atoms with Crippen molar-refractivity contribution < 1.29 is 19.1 Å². The summed E-state index contributed by atoms with van der Waals surface area (Å²) in [7, 11) is 0. The van der Waals surface area contributed by atoms with Crippen LogP contribution in [0.25, 0.3) is 0 Å². The number of hydrogen-bond acceptors (Lipinski definition) is 4. The van der Waals surface area contributed by atoms with E-state index in [-0.39, 0.29) is 30.1 Å². The summed E-state index contributed by atoms with van der Waals surface area (Å²) in [6.45, 7) is 10.4. The molecule has 0 aromatic heterocycles. The molecule has 1 rings (SSSR count). The van der Waals surface area contributed by atoms with Gasteiger partial charge in [0.1, 0.15) is 12.2 Å². The quantitative estimate of drug-likeness (QED) is 0.0945. The number of ether oxygens (including phenoxy) is 2. The second-order valence-electron chi connectivity index (χ2n) is 9.74. The maximum absolute atomic E-state index is 12.5. The minimum Gasteiger partial charge on any atom is -0.462 e. The number of esters is 2. The van der Waals surface area contributed by atoms with Gasteiger partial charge in [0.15, 0.2) is 0 Å². The van der Waals surface area contributed by atoms with Gasteiger partial charge in [0.25, 0.3) is 0 Å². The van der Waals surface area contributed by atoms with Crippen LogP contribution in [-0.4, -0.2) is 24.1 Å². The fraction of sp³-hybridized carbons (Fsp3) is 0.562. The molecule has 0 saturated carbocycles. The molecule has 3 atom stereocenters. The van der Waals surface area contributed by atoms with Crippen LogP contribution < -0.4 is 0 Å². The number of hydrogen-bond donors (Lipinski definition) is 0. The van der Waals surface area contributed by atoms with Gasteiger partial charge in [0.2, 0.25) is 0 Å². The summed E-state index contributed by atoms with van der Waals surface area (Å²) in [5.41, 5.74) is 2.24. The molecule has 1 aliphatic rings. The Bertz CT molecular complexity index is 825. The van der Waals surface area contributed by atoms with E-state index in [1.54, 1.807) is 6.08 Å². The third-order valence-electron chi connectivity index (χ3n) is 6.30. The van der Waals surface area contributed by atoms with Crippen molar-refractivity contribution >= 4 is 11.9 Å². The van der Waals surface area contributed by atoms with E-state index < -0.39 is 0 Å². The molecule has 36 heavy (non-hydrogen) atoms. The molecule has 0 fully saturated rings. The number of rotatable bonds is 11. The normalized spacial score (nSPS) is 24.0. The Morgan fingerprint density at radius 3 is 2.56 bits per heavy atom. The van der Waals surface area contributed by atoms with Gasteiger partial charge in [-0.1, -0.05) is 99.4 Å². The predicted molar refractivity (Wildman–Crippen MR) is 151 cm³/mol. The first-order chi connectivity index (χ1) is 17.3. The first-order valence-electron chi connectivity index (χ1n) is 13.8. The Balaban J connectivity index is 2.58. The molecule has 1 aliphatic heterocycles. The molecule has 0 aromatic rings. The van der Waals surface area contributed by atoms with Gasteiger partial charge in [0.05, 0.1) is 0 Å². The first-order valence-corrected chi connectivity index (χ1v) is 13.8. The largest absolute Gasteiger partial charge is 0.462 e. The third-order valence-corrected chi connectivity index (χ3v) is 6.30. The number of carbonyl (C=O) groups excluding carboxylic acids is 2. The van der Waals surface area contributed by atoms with Gasteiger partial charge < -0.3 is 9.47 Å². The molecule has 1 heterocycles. The highest BCUT2D eigenvalue weighted by Crippen LogP contribution is 2.21. The lowest BCUT2D eigenvalue weighted by molar-refractivity contribution is -0.149. The summed E-state index contributed by atoms with van der Waals surface area (Å²) in [5.74, 6) is -0.336. The van der Waals surface area contributed by atoms with E-state index in [4.69, 9.17) is 9.47 Å². The van der Waals surface area contributed by atoms with Crippen LogP contribution in [-0.2, 0) is 19.1 Å². The highest BCUT2D eigenvalue weighted by molar-refractivity contribution is 5.82. The molecule has 2 unspecified atom stereocenters. The molecule has 0 spiro atoms. The van der Waals surface area contributed by atoms with Gasteiger partial charge in [0, 0.05) is 18.9 Å². The van der Waals surface area contributed by atoms with Crippen molar-refractivity contribution in [2.45, 2.75) is 111 Å². The van der Waals surface area contributed by atoms with Crippen molar-refractivity contribution in [1.82, 2.24) is 0 Å². The molecular formula is C32H48O4.